The highest BCUT2D eigenvalue weighted by Crippen LogP contribution is 2.19. The van der Waals surface area contributed by atoms with Crippen molar-refractivity contribution in [3.05, 3.63) is 59.4 Å². The number of benzene rings is 2. The van der Waals surface area contributed by atoms with Crippen LogP contribution in [0.2, 0.25) is 0 Å². The molecule has 0 amide bonds. The number of ketones is 1. The van der Waals surface area contributed by atoms with Crippen molar-refractivity contribution >= 4 is 22.5 Å². The fourth-order valence-electron chi connectivity index (χ4n) is 2.26. The van der Waals surface area contributed by atoms with Crippen LogP contribution in [0.15, 0.2) is 42.5 Å². The largest absolute Gasteiger partial charge is 0.399 e. The number of nitrogens with zero attached hydrogens (tertiary/aromatic N) is 2. The molecule has 0 atom stereocenters. The van der Waals surface area contributed by atoms with Crippen LogP contribution in [0.25, 0.3) is 11.0 Å². The molecule has 1 heterocycles. The van der Waals surface area contributed by atoms with E-state index in [0.717, 1.165) is 16.9 Å². The first-order valence-electron chi connectivity index (χ1n) is 6.39. The van der Waals surface area contributed by atoms with Crippen molar-refractivity contribution in [1.82, 2.24) is 9.55 Å². The minimum atomic E-state index is -0.0183. The Kier molecular flexibility index (Phi) is 2.79. The van der Waals surface area contributed by atoms with Gasteiger partial charge in [0, 0.05) is 23.9 Å². The van der Waals surface area contributed by atoms with Gasteiger partial charge in [-0.2, -0.15) is 0 Å². The summed E-state index contributed by atoms with van der Waals surface area (Å²) < 4.78 is 2.01. The predicted octanol–water partition coefficient (Wildman–Crippen LogP) is 2.69. The number of aromatic nitrogens is 2. The maximum atomic E-state index is 12.4. The molecule has 4 nitrogen and oxygen atoms in total. The Hall–Kier alpha value is -2.62. The maximum Gasteiger partial charge on any atom is 0.193 e. The number of aryl methyl sites for hydroxylation is 2. The zero-order valence-corrected chi connectivity index (χ0v) is 11.4. The van der Waals surface area contributed by atoms with Gasteiger partial charge in [0.1, 0.15) is 5.82 Å². The summed E-state index contributed by atoms with van der Waals surface area (Å²) in [6.45, 7) is 1.95. The van der Waals surface area contributed by atoms with E-state index in [1.165, 1.54) is 0 Å². The lowest BCUT2D eigenvalue weighted by atomic mass is 10.0. The zero-order valence-electron chi connectivity index (χ0n) is 11.4. The molecule has 0 saturated heterocycles. The standard InChI is InChI=1S/C16H15N3O/c1-10-18-14-9-12(5-8-15(14)19(10)2)16(20)11-3-6-13(17)7-4-11/h3-9H,17H2,1-2H3. The lowest BCUT2D eigenvalue weighted by Crippen LogP contribution is -2.01. The topological polar surface area (TPSA) is 60.9 Å². The van der Waals surface area contributed by atoms with Gasteiger partial charge in [0.05, 0.1) is 11.0 Å². The number of anilines is 1. The lowest BCUT2D eigenvalue weighted by molar-refractivity contribution is 0.103. The molecule has 0 spiro atoms. The van der Waals surface area contributed by atoms with Crippen LogP contribution < -0.4 is 5.73 Å². The fourth-order valence-corrected chi connectivity index (χ4v) is 2.26. The van der Waals surface area contributed by atoms with Crippen LogP contribution in [-0.4, -0.2) is 15.3 Å². The summed E-state index contributed by atoms with van der Waals surface area (Å²) in [7, 11) is 1.96. The molecule has 2 aromatic carbocycles. The average molecular weight is 265 g/mol. The predicted molar refractivity (Wildman–Crippen MR) is 79.7 cm³/mol. The molecule has 20 heavy (non-hydrogen) atoms. The molecule has 0 aliphatic rings. The molecule has 0 saturated carbocycles. The second kappa shape index (κ2) is 4.49. The second-order valence-electron chi connectivity index (χ2n) is 4.87. The summed E-state index contributed by atoms with van der Waals surface area (Å²) in [5.74, 6) is 0.910. The molecular formula is C16H15N3O. The second-order valence-corrected chi connectivity index (χ2v) is 4.87. The number of carbonyl (C=O) groups excluding carboxylic acids is 1. The number of fused-ring (bicyclic) bond motifs is 1. The first kappa shape index (κ1) is 12.4. The van der Waals surface area contributed by atoms with E-state index in [1.54, 1.807) is 24.3 Å². The Labute approximate surface area is 116 Å². The maximum absolute atomic E-state index is 12.4. The normalized spacial score (nSPS) is 10.9. The molecule has 100 valence electrons. The van der Waals surface area contributed by atoms with E-state index < -0.39 is 0 Å². The molecule has 0 aliphatic carbocycles. The summed E-state index contributed by atoms with van der Waals surface area (Å²) in [6, 6.07) is 12.5. The van der Waals surface area contributed by atoms with Crippen LogP contribution in [0.4, 0.5) is 5.69 Å². The molecule has 3 rings (SSSR count). The van der Waals surface area contributed by atoms with Crippen LogP contribution in [-0.2, 0) is 7.05 Å². The van der Waals surface area contributed by atoms with Crippen molar-refractivity contribution in [2.75, 3.05) is 5.73 Å². The third-order valence-corrected chi connectivity index (χ3v) is 3.54. The Morgan fingerprint density at radius 2 is 1.75 bits per heavy atom. The number of nitrogen functional groups attached to an aromatic ring is 1. The third kappa shape index (κ3) is 1.95. The summed E-state index contributed by atoms with van der Waals surface area (Å²) in [5, 5.41) is 0. The first-order chi connectivity index (χ1) is 9.56. The number of carbonyl (C=O) groups is 1. The van der Waals surface area contributed by atoms with Gasteiger partial charge in [0.25, 0.3) is 0 Å². The number of hydrogen-bond acceptors (Lipinski definition) is 3. The van der Waals surface area contributed by atoms with E-state index in [4.69, 9.17) is 5.73 Å². The number of hydrogen-bond donors (Lipinski definition) is 1. The third-order valence-electron chi connectivity index (χ3n) is 3.54. The fraction of sp³-hybridized carbons (Fsp3) is 0.125. The summed E-state index contributed by atoms with van der Waals surface area (Å²) >= 11 is 0. The van der Waals surface area contributed by atoms with Gasteiger partial charge in [-0.15, -0.1) is 0 Å². The van der Waals surface area contributed by atoms with E-state index in [-0.39, 0.29) is 5.78 Å². The molecule has 0 fully saturated rings. The van der Waals surface area contributed by atoms with Crippen molar-refractivity contribution in [1.29, 1.82) is 0 Å². The van der Waals surface area contributed by atoms with Gasteiger partial charge in [-0.25, -0.2) is 4.98 Å². The molecule has 3 aromatic rings. The summed E-state index contributed by atoms with van der Waals surface area (Å²) in [4.78, 5) is 16.9. The van der Waals surface area contributed by atoms with Gasteiger partial charge in [-0.3, -0.25) is 4.79 Å². The number of rotatable bonds is 2. The molecule has 0 bridgehead atoms. The van der Waals surface area contributed by atoms with E-state index in [9.17, 15) is 4.79 Å². The molecule has 2 N–H and O–H groups in total. The van der Waals surface area contributed by atoms with Crippen LogP contribution in [0.5, 0.6) is 0 Å². The lowest BCUT2D eigenvalue weighted by Gasteiger charge is -2.02. The Morgan fingerprint density at radius 1 is 1.10 bits per heavy atom. The Balaban J connectivity index is 2.05. The van der Waals surface area contributed by atoms with Crippen molar-refractivity contribution in [2.24, 2.45) is 7.05 Å². The zero-order chi connectivity index (χ0) is 14.3. The van der Waals surface area contributed by atoms with Crippen LogP contribution in [0.3, 0.4) is 0 Å². The van der Waals surface area contributed by atoms with Gasteiger partial charge < -0.3 is 10.3 Å². The summed E-state index contributed by atoms with van der Waals surface area (Å²) in [5.41, 5.74) is 9.42. The van der Waals surface area contributed by atoms with Gasteiger partial charge in [0.15, 0.2) is 5.78 Å². The highest BCUT2D eigenvalue weighted by molar-refractivity contribution is 6.10. The van der Waals surface area contributed by atoms with Gasteiger partial charge in [-0.05, 0) is 49.4 Å². The quantitative estimate of drug-likeness (QED) is 0.572. The van der Waals surface area contributed by atoms with Crippen molar-refractivity contribution in [3.63, 3.8) is 0 Å². The minimum absolute atomic E-state index is 0.0183. The number of imidazole rings is 1. The van der Waals surface area contributed by atoms with E-state index in [0.29, 0.717) is 16.8 Å². The van der Waals surface area contributed by atoms with Gasteiger partial charge in [-0.1, -0.05) is 0 Å². The SMILES string of the molecule is Cc1nc2cc(C(=O)c3ccc(N)cc3)ccc2n1C. The van der Waals surface area contributed by atoms with Crippen molar-refractivity contribution in [3.8, 4) is 0 Å². The molecule has 0 aliphatic heterocycles. The molecule has 4 heteroatoms. The molecular weight excluding hydrogens is 250 g/mol. The monoisotopic (exact) mass is 265 g/mol. The van der Waals surface area contributed by atoms with E-state index >= 15 is 0 Å². The van der Waals surface area contributed by atoms with Gasteiger partial charge in [0.2, 0.25) is 0 Å². The number of nitrogens with two attached hydrogens (primary N) is 1. The van der Waals surface area contributed by atoms with E-state index in [1.807, 2.05) is 36.7 Å². The van der Waals surface area contributed by atoms with E-state index in [2.05, 4.69) is 4.98 Å². The minimum Gasteiger partial charge on any atom is -0.399 e. The Morgan fingerprint density at radius 3 is 2.45 bits per heavy atom. The smallest absolute Gasteiger partial charge is 0.193 e. The highest BCUT2D eigenvalue weighted by Gasteiger charge is 2.11. The Bertz CT molecular complexity index is 800. The molecule has 1 aromatic heterocycles. The van der Waals surface area contributed by atoms with Crippen molar-refractivity contribution in [2.45, 2.75) is 6.92 Å². The molecule has 0 unspecified atom stereocenters. The van der Waals surface area contributed by atoms with Crippen LogP contribution in [0.1, 0.15) is 21.7 Å². The van der Waals surface area contributed by atoms with Crippen LogP contribution in [0, 0.1) is 6.92 Å². The highest BCUT2D eigenvalue weighted by atomic mass is 16.1. The first-order valence-corrected chi connectivity index (χ1v) is 6.39. The van der Waals surface area contributed by atoms with Crippen LogP contribution >= 0.6 is 0 Å². The average Bonchev–Trinajstić information content (AvgIpc) is 2.74. The molecule has 0 radical (unpaired) electrons. The van der Waals surface area contributed by atoms with Crippen molar-refractivity contribution < 1.29 is 4.79 Å². The summed E-state index contributed by atoms with van der Waals surface area (Å²) in [6.07, 6.45) is 0. The van der Waals surface area contributed by atoms with Gasteiger partial charge >= 0.3 is 0 Å².